The summed E-state index contributed by atoms with van der Waals surface area (Å²) in [5, 5.41) is 54.8. The summed E-state index contributed by atoms with van der Waals surface area (Å²) < 4.78 is 127. The highest BCUT2D eigenvalue weighted by molar-refractivity contribution is 7.81. The van der Waals surface area contributed by atoms with Gasteiger partial charge in [-0.2, -0.15) is 0 Å². The molecule has 41 heavy (non-hydrogen) atoms. The van der Waals surface area contributed by atoms with Gasteiger partial charge in [0.2, 0.25) is 31.2 Å². The molecule has 30 heteroatoms. The molecule has 2 heterocycles. The molecule has 0 aromatic carbocycles. The highest BCUT2D eigenvalue weighted by atomic mass is 32.3. The number of hydrogen-bond acceptors (Lipinski definition) is 27. The molecule has 0 aliphatic carbocycles. The van der Waals surface area contributed by atoms with Crippen molar-refractivity contribution in [2.45, 2.75) is 55.3 Å². The third kappa shape index (κ3) is 11.6. The fourth-order valence-corrected chi connectivity index (χ4v) is 4.67. The van der Waals surface area contributed by atoms with E-state index < -0.39 is 99.7 Å². The lowest BCUT2D eigenvalue weighted by atomic mass is 9.99. The maximum atomic E-state index is 11.3. The van der Waals surface area contributed by atoms with Crippen LogP contribution in [0.2, 0.25) is 0 Å². The number of rotatable bonds is 18. The second-order valence-corrected chi connectivity index (χ2v) is 10.2. The molecule has 0 bridgehead atoms. The zero-order valence-corrected chi connectivity index (χ0v) is 21.3. The first-order valence-corrected chi connectivity index (χ1v) is 13.7. The van der Waals surface area contributed by atoms with Crippen molar-refractivity contribution in [3.8, 4) is 0 Å². The van der Waals surface area contributed by atoms with Crippen molar-refractivity contribution in [3.05, 3.63) is 0 Å². The molecule has 2 aliphatic heterocycles. The molecular formula is C11H13O27S3-7. The van der Waals surface area contributed by atoms with Gasteiger partial charge in [0.05, 0.1) is 6.61 Å². The summed E-state index contributed by atoms with van der Waals surface area (Å²) in [6, 6.07) is 0. The van der Waals surface area contributed by atoms with Crippen molar-refractivity contribution in [2.75, 3.05) is 13.2 Å². The summed E-state index contributed by atoms with van der Waals surface area (Å²) in [6.07, 6.45) is -21.1. The van der Waals surface area contributed by atoms with Crippen molar-refractivity contribution >= 4 is 31.2 Å². The van der Waals surface area contributed by atoms with Gasteiger partial charge in [0.1, 0.15) is 24.9 Å². The summed E-state index contributed by atoms with van der Waals surface area (Å²) in [5.74, 6) is 0. The lowest BCUT2D eigenvalue weighted by Gasteiger charge is -2.44. The summed E-state index contributed by atoms with van der Waals surface area (Å²) in [7, 11) is -17.3. The summed E-state index contributed by atoms with van der Waals surface area (Å²) in [5.41, 5.74) is 0. The largest absolute Gasteiger partial charge is 0.726 e. The van der Waals surface area contributed by atoms with Crippen LogP contribution in [-0.2, 0) is 97.7 Å². The predicted molar refractivity (Wildman–Crippen MR) is 88.1 cm³/mol. The summed E-state index contributed by atoms with van der Waals surface area (Å²) >= 11 is 0. The molecule has 2 unspecified atom stereocenters. The molecule has 0 amide bonds. The Morgan fingerprint density at radius 3 is 1.49 bits per heavy atom. The van der Waals surface area contributed by atoms with Gasteiger partial charge in [-0.3, -0.25) is 32.7 Å². The smallest absolute Gasteiger partial charge is 0.218 e. The first kappa shape index (κ1) is 36.2. The average molecular weight is 673 g/mol. The maximum absolute atomic E-state index is 11.3. The minimum absolute atomic E-state index is 1.07. The molecule has 2 aliphatic rings. The maximum Gasteiger partial charge on any atom is 0.218 e. The fourth-order valence-electron chi connectivity index (χ4n) is 3.39. The molecule has 27 nitrogen and oxygen atoms in total. The Bertz CT molecular complexity index is 1110. The SMILES string of the molecule is O=S(=O)([O-])OC[C@H]1O[C@@H](O[C@@H]2OC(COO[O-])[C@@H](OO[O-])[C@H](OO[O-])C2OO[O-])[C@H](OS(=O)(=O)[O-])[C@H]1OS(=O)(=O)[O-]. The number of ether oxygens (including phenoxy) is 3. The highest BCUT2D eigenvalue weighted by Crippen LogP contribution is 2.35. The van der Waals surface area contributed by atoms with E-state index in [0.29, 0.717) is 0 Å². The van der Waals surface area contributed by atoms with E-state index in [0.717, 1.165) is 0 Å². The third-order valence-corrected chi connectivity index (χ3v) is 6.03. The van der Waals surface area contributed by atoms with E-state index in [2.05, 4.69) is 52.3 Å². The fraction of sp³-hybridized carbons (Fsp3) is 1.00. The Morgan fingerprint density at radius 1 is 0.537 bits per heavy atom. The Labute approximate surface area is 226 Å². The van der Waals surface area contributed by atoms with Crippen molar-refractivity contribution < 1.29 is 126 Å². The molecule has 2 fully saturated rings. The Morgan fingerprint density at radius 2 is 1.00 bits per heavy atom. The lowest BCUT2D eigenvalue weighted by molar-refractivity contribution is -0.834. The first-order chi connectivity index (χ1) is 19.0. The van der Waals surface area contributed by atoms with E-state index in [4.69, 9.17) is 14.2 Å². The molecule has 0 N–H and O–H groups in total. The van der Waals surface area contributed by atoms with Gasteiger partial charge in [-0.25, -0.2) is 44.8 Å². The van der Waals surface area contributed by atoms with E-state index in [1.807, 2.05) is 0 Å². The van der Waals surface area contributed by atoms with E-state index in [1.165, 1.54) is 0 Å². The van der Waals surface area contributed by atoms with Crippen LogP contribution in [0.15, 0.2) is 0 Å². The van der Waals surface area contributed by atoms with Crippen molar-refractivity contribution in [2.24, 2.45) is 0 Å². The normalized spacial score (nSPS) is 33.3. The van der Waals surface area contributed by atoms with Crippen LogP contribution in [0.1, 0.15) is 0 Å². The van der Waals surface area contributed by atoms with Crippen molar-refractivity contribution in [1.29, 1.82) is 0 Å². The van der Waals surface area contributed by atoms with Gasteiger partial charge >= 0.3 is 0 Å². The molecule has 2 rings (SSSR count). The quantitative estimate of drug-likeness (QED) is 0.0564. The second kappa shape index (κ2) is 15.7. The molecule has 0 saturated carbocycles. The van der Waals surface area contributed by atoms with Gasteiger partial charge in [-0.15, -0.1) is 0 Å². The third-order valence-electron chi connectivity index (χ3n) is 4.69. The molecule has 0 aromatic rings. The van der Waals surface area contributed by atoms with Gasteiger partial charge in [0, 0.05) is 0 Å². The van der Waals surface area contributed by atoms with Gasteiger partial charge in [0.25, 0.3) is 0 Å². The number of hydrogen-bond donors (Lipinski definition) is 0. The minimum atomic E-state index is -5.90. The highest BCUT2D eigenvalue weighted by Gasteiger charge is 2.56. The second-order valence-electron chi connectivity index (χ2n) is 7.09. The molecule has 0 radical (unpaired) electrons. The van der Waals surface area contributed by atoms with Gasteiger partial charge in [0.15, 0.2) is 37.0 Å². The Kier molecular flexibility index (Phi) is 13.8. The van der Waals surface area contributed by atoms with E-state index >= 15 is 0 Å². The molecule has 0 aromatic heterocycles. The minimum Gasteiger partial charge on any atom is -0.726 e. The monoisotopic (exact) mass is 673 g/mol. The molecule has 0 spiro atoms. The standard InChI is InChI=1S/C11H20O27S3/c12-35-25-1-3-5(30-36-13)7(31-37-14)8(32-38-15)10(27-3)29-11-9(34-41(22,23)24)6(33-40(19,20)21)4(28-11)2-26-39(16,17)18/h3-15H,1-2H2,(H,16,17,18)(H,19,20,21)(H,22,23,24)/p-7/t3?,4-,5-,6+,7+,8?,9-,10+,11+/m1/s1. The van der Waals surface area contributed by atoms with Crippen LogP contribution in [0.25, 0.3) is 0 Å². The van der Waals surface area contributed by atoms with Crippen molar-refractivity contribution in [3.63, 3.8) is 0 Å². The molecular weight excluding hydrogens is 660 g/mol. The first-order valence-electron chi connectivity index (χ1n) is 9.65. The van der Waals surface area contributed by atoms with Crippen LogP contribution in [0.4, 0.5) is 0 Å². The van der Waals surface area contributed by atoms with Crippen LogP contribution in [0, 0.1) is 0 Å². The van der Waals surface area contributed by atoms with Crippen LogP contribution in [-0.4, -0.2) is 107 Å². The van der Waals surface area contributed by atoms with Crippen LogP contribution < -0.4 is 21.0 Å². The van der Waals surface area contributed by atoms with Gasteiger partial charge < -0.3 is 48.9 Å². The lowest BCUT2D eigenvalue weighted by Crippen LogP contribution is -2.63. The molecule has 2 saturated heterocycles. The van der Waals surface area contributed by atoms with Crippen LogP contribution in [0.3, 0.4) is 0 Å². The Balaban J connectivity index is 2.50. The zero-order chi connectivity index (χ0) is 31.0. The van der Waals surface area contributed by atoms with Crippen molar-refractivity contribution in [1.82, 2.24) is 0 Å². The van der Waals surface area contributed by atoms with E-state index in [1.54, 1.807) is 0 Å². The predicted octanol–water partition coefficient (Wildman–Crippen LogP) is -9.38. The summed E-state index contributed by atoms with van der Waals surface area (Å²) in [4.78, 5) is 16.8. The topological polar surface area (TPSA) is 393 Å². The summed E-state index contributed by atoms with van der Waals surface area (Å²) in [6.45, 7) is -2.59. The van der Waals surface area contributed by atoms with Gasteiger partial charge in [-0.05, 0) is 0 Å². The van der Waals surface area contributed by atoms with E-state index in [9.17, 15) is 59.9 Å². The van der Waals surface area contributed by atoms with Crippen LogP contribution >= 0.6 is 0 Å². The zero-order valence-electron chi connectivity index (χ0n) is 18.9. The molecule has 244 valence electrons. The average Bonchev–Trinajstić information content (AvgIpc) is 3.12. The Hall–Kier alpha value is -0.990. The van der Waals surface area contributed by atoms with Crippen LogP contribution in [0.5, 0.6) is 0 Å². The molecule has 9 atom stereocenters. The van der Waals surface area contributed by atoms with E-state index in [-0.39, 0.29) is 0 Å². The van der Waals surface area contributed by atoms with Gasteiger partial charge in [-0.1, -0.05) is 0 Å².